The van der Waals surface area contributed by atoms with Gasteiger partial charge >= 0.3 is 0 Å². The van der Waals surface area contributed by atoms with E-state index in [1.807, 2.05) is 42.7 Å². The van der Waals surface area contributed by atoms with Gasteiger partial charge in [0.2, 0.25) is 10.3 Å². The molecule has 2 N–H and O–H groups in total. The zero-order chi connectivity index (χ0) is 38.4. The predicted octanol–water partition coefficient (Wildman–Crippen LogP) is 6.89. The molecule has 0 fully saturated rings. The molecule has 0 atom stereocenters. The van der Waals surface area contributed by atoms with Gasteiger partial charge in [-0.2, -0.15) is 4.57 Å². The number of methoxy groups -OCH3 is 4. The number of rotatable bonds is 14. The lowest BCUT2D eigenvalue weighted by atomic mass is 9.96. The summed E-state index contributed by atoms with van der Waals surface area (Å²) in [4.78, 5) is 32.0. The molecule has 0 aliphatic heterocycles. The number of pyridine rings is 2. The van der Waals surface area contributed by atoms with Crippen molar-refractivity contribution in [3.8, 4) is 49.8 Å². The Morgan fingerprint density at radius 1 is 0.722 bits per heavy atom. The van der Waals surface area contributed by atoms with Crippen molar-refractivity contribution in [3.63, 3.8) is 0 Å². The predicted molar refractivity (Wildman–Crippen MR) is 207 cm³/mol. The minimum atomic E-state index is -0.440. The van der Waals surface area contributed by atoms with Crippen LogP contribution in [0.3, 0.4) is 0 Å². The second-order valence-electron chi connectivity index (χ2n) is 12.1. The molecule has 0 unspecified atom stereocenters. The summed E-state index contributed by atoms with van der Waals surface area (Å²) in [5.41, 5.74) is 6.77. The molecule has 14 nitrogen and oxygen atoms in total. The summed E-state index contributed by atoms with van der Waals surface area (Å²) in [5, 5.41) is 22.8. The highest BCUT2D eigenvalue weighted by Crippen LogP contribution is 2.39. The van der Waals surface area contributed by atoms with E-state index in [2.05, 4.69) is 55.1 Å². The average molecular weight is 768 g/mol. The summed E-state index contributed by atoms with van der Waals surface area (Å²) in [5.74, 6) is 0.0888. The maximum Gasteiger partial charge on any atom is 0.295 e. The van der Waals surface area contributed by atoms with Crippen molar-refractivity contribution in [1.82, 2.24) is 25.4 Å². The van der Waals surface area contributed by atoms with E-state index < -0.39 is 5.91 Å². The van der Waals surface area contributed by atoms with Crippen LogP contribution in [0.2, 0.25) is 0 Å². The summed E-state index contributed by atoms with van der Waals surface area (Å²) in [7, 11) is 6.08. The molecule has 6 aromatic rings. The molecule has 0 spiro atoms. The lowest BCUT2D eigenvalue weighted by molar-refractivity contribution is -0.603. The van der Waals surface area contributed by atoms with Gasteiger partial charge in [0.15, 0.2) is 17.6 Å². The van der Waals surface area contributed by atoms with E-state index in [1.54, 1.807) is 32.5 Å². The second kappa shape index (κ2) is 16.8. The van der Waals surface area contributed by atoms with Crippen LogP contribution in [-0.4, -0.2) is 65.6 Å². The maximum absolute atomic E-state index is 14.1. The molecule has 0 saturated carbocycles. The van der Waals surface area contributed by atoms with Crippen LogP contribution in [-0.2, 0) is 6.42 Å². The number of carbonyl (C=O) groups is 2. The number of unbranched alkanes of at least 4 members (excludes halogenated alkanes) is 1. The molecule has 0 bridgehead atoms. The molecule has 2 aromatic carbocycles. The van der Waals surface area contributed by atoms with Crippen molar-refractivity contribution in [2.45, 2.75) is 40.0 Å². The van der Waals surface area contributed by atoms with Crippen LogP contribution in [0.1, 0.15) is 57.4 Å². The molecule has 4 aromatic heterocycles. The van der Waals surface area contributed by atoms with E-state index in [0.717, 1.165) is 58.8 Å². The van der Waals surface area contributed by atoms with Crippen LogP contribution in [0.25, 0.3) is 27.9 Å². The van der Waals surface area contributed by atoms with Gasteiger partial charge in [-0.3, -0.25) is 25.2 Å². The molecule has 0 saturated heterocycles. The molecule has 4 heterocycles. The Morgan fingerprint density at radius 3 is 1.93 bits per heavy atom. The first-order chi connectivity index (χ1) is 26.2. The minimum Gasteiger partial charge on any atom is -0.496 e. The number of hydrogen-bond donors (Lipinski definition) is 2. The smallest absolute Gasteiger partial charge is 0.295 e. The number of nitrogens with zero attached hydrogens (tertiary/aromatic N) is 6. The summed E-state index contributed by atoms with van der Waals surface area (Å²) in [6.07, 6.45) is 6.46. The average Bonchev–Trinajstić information content (AvgIpc) is 3.85. The van der Waals surface area contributed by atoms with Crippen molar-refractivity contribution >= 4 is 44.8 Å². The fourth-order valence-electron chi connectivity index (χ4n) is 5.83. The summed E-state index contributed by atoms with van der Waals surface area (Å²) >= 11 is 2.22. The van der Waals surface area contributed by atoms with Gasteiger partial charge in [0.1, 0.15) is 11.3 Å². The van der Waals surface area contributed by atoms with Crippen LogP contribution >= 0.6 is 22.7 Å². The first kappa shape index (κ1) is 37.7. The Hall–Kier alpha value is -6.00. The minimum absolute atomic E-state index is 0.274. The van der Waals surface area contributed by atoms with E-state index in [4.69, 9.17) is 18.9 Å². The number of anilines is 2. The van der Waals surface area contributed by atoms with Gasteiger partial charge in [-0.25, -0.2) is 0 Å². The van der Waals surface area contributed by atoms with Crippen molar-refractivity contribution in [2.24, 2.45) is 0 Å². The van der Waals surface area contributed by atoms with Gasteiger partial charge in [-0.1, -0.05) is 47.8 Å². The molecule has 16 heteroatoms. The number of hydrogen-bond acceptors (Lipinski definition) is 13. The highest BCUT2D eigenvalue weighted by molar-refractivity contribution is 7.17. The number of nitrogens with one attached hydrogen (secondary N) is 2. The largest absolute Gasteiger partial charge is 0.496 e. The molecule has 54 heavy (non-hydrogen) atoms. The molecular formula is C38H39N8O6S2+. The Kier molecular flexibility index (Phi) is 11.7. The second-order valence-corrected chi connectivity index (χ2v) is 14.0. The number of benzene rings is 2. The highest BCUT2D eigenvalue weighted by Gasteiger charge is 2.28. The van der Waals surface area contributed by atoms with E-state index in [0.29, 0.717) is 55.1 Å². The van der Waals surface area contributed by atoms with Crippen molar-refractivity contribution in [1.29, 1.82) is 0 Å². The third-order valence-electron chi connectivity index (χ3n) is 8.55. The molecular weight excluding hydrogens is 729 g/mol. The zero-order valence-corrected chi connectivity index (χ0v) is 32.5. The molecule has 278 valence electrons. The van der Waals surface area contributed by atoms with Gasteiger partial charge < -0.3 is 18.9 Å². The molecule has 2 amide bonds. The SMILES string of the molecule is CCCCc1ccc(-c2cc(C)[n+](-c3cc(OC)c(-c4cc(C)ncc4C(=O)Nc4nnc(OC)s4)cc3OC)cc2C(=O)Nc2nnc(OC)s2)cc1. The first-order valence-corrected chi connectivity index (χ1v) is 18.6. The zero-order valence-electron chi connectivity index (χ0n) is 30.8. The van der Waals surface area contributed by atoms with Gasteiger partial charge in [-0.05, 0) is 65.7 Å². The van der Waals surface area contributed by atoms with Crippen LogP contribution in [0.15, 0.2) is 60.9 Å². The number of aryl methyl sites for hydroxylation is 3. The van der Waals surface area contributed by atoms with Gasteiger partial charge in [0.25, 0.3) is 27.9 Å². The van der Waals surface area contributed by atoms with Gasteiger partial charge in [0, 0.05) is 41.6 Å². The van der Waals surface area contributed by atoms with Crippen LogP contribution in [0.5, 0.6) is 21.9 Å². The van der Waals surface area contributed by atoms with Crippen LogP contribution in [0, 0.1) is 13.8 Å². The summed E-state index contributed by atoms with van der Waals surface area (Å²) in [6.45, 7) is 5.96. The van der Waals surface area contributed by atoms with Crippen LogP contribution in [0.4, 0.5) is 10.3 Å². The van der Waals surface area contributed by atoms with Crippen molar-refractivity contribution in [2.75, 3.05) is 39.1 Å². The van der Waals surface area contributed by atoms with Crippen LogP contribution < -0.4 is 34.1 Å². The third kappa shape index (κ3) is 8.14. The van der Waals surface area contributed by atoms with E-state index in [9.17, 15) is 9.59 Å². The standard InChI is InChI=1S/C38H38N8O6S2/c1-8-9-10-23-11-13-24(14-12-23)25-16-22(3)46(20-29(25)34(48)41-36-43-45-38(52-7)54-36)30-18-31(49-4)27(17-32(30)50-5)26-15-21(2)39-19-28(26)33(47)40-35-42-44-37(51-6)53-35/h11-20H,8-10H2,1-7H3,(H-,40,41,42,43,47,48)/p+1. The quantitative estimate of drug-likeness (QED) is 0.111. The van der Waals surface area contributed by atoms with E-state index in [1.165, 1.54) is 26.0 Å². The Balaban J connectivity index is 1.45. The number of amides is 2. The van der Waals surface area contributed by atoms with E-state index >= 15 is 0 Å². The van der Waals surface area contributed by atoms with Crippen molar-refractivity contribution in [3.05, 3.63) is 89.0 Å². The topological polar surface area (TPSA) is 163 Å². The highest BCUT2D eigenvalue weighted by atomic mass is 32.1. The molecule has 0 aliphatic rings. The fourth-order valence-corrected chi connectivity index (χ4v) is 6.94. The number of aromatic nitrogens is 6. The first-order valence-electron chi connectivity index (χ1n) is 16.9. The molecule has 6 rings (SSSR count). The van der Waals surface area contributed by atoms with Crippen molar-refractivity contribution < 1.29 is 33.1 Å². The summed E-state index contributed by atoms with van der Waals surface area (Å²) < 4.78 is 24.1. The number of ether oxygens (including phenoxy) is 4. The normalized spacial score (nSPS) is 10.9. The summed E-state index contributed by atoms with van der Waals surface area (Å²) in [6, 6.07) is 15.7. The Morgan fingerprint density at radius 2 is 1.35 bits per heavy atom. The number of carbonyl (C=O) groups excluding carboxylic acids is 2. The maximum atomic E-state index is 14.1. The third-order valence-corrected chi connectivity index (χ3v) is 10.1. The van der Waals surface area contributed by atoms with Gasteiger partial charge in [0.05, 0.1) is 40.1 Å². The van der Waals surface area contributed by atoms with E-state index in [-0.39, 0.29) is 16.6 Å². The fraction of sp³-hybridized carbons (Fsp3) is 0.263. The monoisotopic (exact) mass is 767 g/mol. The Bertz CT molecular complexity index is 2310. The lowest BCUT2D eigenvalue weighted by Gasteiger charge is -2.16. The lowest BCUT2D eigenvalue weighted by Crippen LogP contribution is -2.36. The molecule has 0 aliphatic carbocycles. The van der Waals surface area contributed by atoms with Gasteiger partial charge in [-0.15, -0.1) is 10.2 Å². The molecule has 0 radical (unpaired) electrons. The Labute approximate surface area is 320 Å².